The lowest BCUT2D eigenvalue weighted by Gasteiger charge is -2.33. The summed E-state index contributed by atoms with van der Waals surface area (Å²) in [6.07, 6.45) is 5.11. The SMILES string of the molecule is Cc1ccc(C(=O)CN(C)C2CCCC(C)C2)cc1C. The Labute approximate surface area is 123 Å². The lowest BCUT2D eigenvalue weighted by atomic mass is 9.86. The molecule has 1 saturated carbocycles. The van der Waals surface area contributed by atoms with Crippen LogP contribution in [0.15, 0.2) is 18.2 Å². The highest BCUT2D eigenvalue weighted by atomic mass is 16.1. The number of rotatable bonds is 4. The van der Waals surface area contributed by atoms with Crippen molar-refractivity contribution in [3.8, 4) is 0 Å². The van der Waals surface area contributed by atoms with Crippen molar-refractivity contribution in [1.29, 1.82) is 0 Å². The predicted octanol–water partition coefficient (Wildman–Crippen LogP) is 4.00. The Morgan fingerprint density at radius 3 is 2.65 bits per heavy atom. The third kappa shape index (κ3) is 3.69. The number of carbonyl (C=O) groups is 1. The van der Waals surface area contributed by atoms with Gasteiger partial charge in [-0.3, -0.25) is 9.69 Å². The normalized spacial score (nSPS) is 23.1. The van der Waals surface area contributed by atoms with Gasteiger partial charge in [-0.15, -0.1) is 0 Å². The average molecular weight is 273 g/mol. The summed E-state index contributed by atoms with van der Waals surface area (Å²) in [5.41, 5.74) is 3.30. The van der Waals surface area contributed by atoms with E-state index in [4.69, 9.17) is 0 Å². The first-order chi connectivity index (χ1) is 9.47. The maximum Gasteiger partial charge on any atom is 0.176 e. The van der Waals surface area contributed by atoms with Gasteiger partial charge in [0.15, 0.2) is 5.78 Å². The molecule has 2 nitrogen and oxygen atoms in total. The largest absolute Gasteiger partial charge is 0.296 e. The quantitative estimate of drug-likeness (QED) is 0.773. The van der Waals surface area contributed by atoms with E-state index in [2.05, 4.69) is 32.7 Å². The van der Waals surface area contributed by atoms with Gasteiger partial charge in [-0.05, 0) is 56.8 Å². The maximum absolute atomic E-state index is 12.4. The van der Waals surface area contributed by atoms with Crippen molar-refractivity contribution in [2.75, 3.05) is 13.6 Å². The summed E-state index contributed by atoms with van der Waals surface area (Å²) in [5.74, 6) is 1.04. The molecule has 0 radical (unpaired) electrons. The van der Waals surface area contributed by atoms with Gasteiger partial charge in [-0.25, -0.2) is 0 Å². The van der Waals surface area contributed by atoms with Gasteiger partial charge in [0, 0.05) is 11.6 Å². The molecule has 0 heterocycles. The second kappa shape index (κ2) is 6.53. The molecule has 1 aliphatic rings. The summed E-state index contributed by atoms with van der Waals surface area (Å²) in [7, 11) is 2.10. The Kier molecular flexibility index (Phi) is 4.98. The van der Waals surface area contributed by atoms with E-state index < -0.39 is 0 Å². The fourth-order valence-electron chi connectivity index (χ4n) is 3.16. The lowest BCUT2D eigenvalue weighted by Crippen LogP contribution is -2.38. The molecule has 2 unspecified atom stereocenters. The van der Waals surface area contributed by atoms with Crippen LogP contribution in [-0.2, 0) is 0 Å². The molecule has 110 valence electrons. The maximum atomic E-state index is 12.4. The third-order valence-electron chi connectivity index (χ3n) is 4.75. The minimum atomic E-state index is 0.244. The van der Waals surface area contributed by atoms with E-state index in [0.29, 0.717) is 12.6 Å². The van der Waals surface area contributed by atoms with Crippen molar-refractivity contribution >= 4 is 5.78 Å². The molecule has 2 heteroatoms. The minimum absolute atomic E-state index is 0.244. The molecule has 0 bridgehead atoms. The third-order valence-corrected chi connectivity index (χ3v) is 4.75. The molecular formula is C18H27NO. The van der Waals surface area contributed by atoms with E-state index in [1.54, 1.807) is 0 Å². The Morgan fingerprint density at radius 1 is 1.25 bits per heavy atom. The van der Waals surface area contributed by atoms with Crippen molar-refractivity contribution in [2.45, 2.75) is 52.5 Å². The zero-order valence-electron chi connectivity index (χ0n) is 13.3. The lowest BCUT2D eigenvalue weighted by molar-refractivity contribution is 0.0882. The molecule has 2 atom stereocenters. The van der Waals surface area contributed by atoms with Crippen LogP contribution in [0, 0.1) is 19.8 Å². The van der Waals surface area contributed by atoms with E-state index in [1.165, 1.54) is 36.8 Å². The fraction of sp³-hybridized carbons (Fsp3) is 0.611. The highest BCUT2D eigenvalue weighted by Crippen LogP contribution is 2.26. The van der Waals surface area contributed by atoms with Crippen LogP contribution in [-0.4, -0.2) is 30.3 Å². The first-order valence-electron chi connectivity index (χ1n) is 7.78. The molecule has 1 aromatic carbocycles. The summed E-state index contributed by atoms with van der Waals surface area (Å²) < 4.78 is 0. The van der Waals surface area contributed by atoms with Crippen LogP contribution >= 0.6 is 0 Å². The molecule has 0 N–H and O–H groups in total. The minimum Gasteiger partial charge on any atom is -0.296 e. The molecular weight excluding hydrogens is 246 g/mol. The number of carbonyl (C=O) groups excluding carboxylic acids is 1. The van der Waals surface area contributed by atoms with Crippen LogP contribution < -0.4 is 0 Å². The summed E-state index contributed by atoms with van der Waals surface area (Å²) in [4.78, 5) is 14.7. The number of benzene rings is 1. The van der Waals surface area contributed by atoms with Gasteiger partial charge in [0.1, 0.15) is 0 Å². The molecule has 1 fully saturated rings. The Hall–Kier alpha value is -1.15. The molecule has 20 heavy (non-hydrogen) atoms. The second-order valence-corrected chi connectivity index (χ2v) is 6.56. The van der Waals surface area contributed by atoms with Crippen molar-refractivity contribution in [1.82, 2.24) is 4.90 Å². The number of aryl methyl sites for hydroxylation is 2. The van der Waals surface area contributed by atoms with Crippen LogP contribution in [0.1, 0.15) is 54.1 Å². The standard InChI is InChI=1S/C18H27NO/c1-13-6-5-7-17(10-13)19(4)12-18(20)16-9-8-14(2)15(3)11-16/h8-9,11,13,17H,5-7,10,12H2,1-4H3. The number of hydrogen-bond acceptors (Lipinski definition) is 2. The summed E-state index contributed by atoms with van der Waals surface area (Å²) >= 11 is 0. The number of Topliss-reactive ketones (excluding diaryl/α,β-unsaturated/α-hetero) is 1. The van der Waals surface area contributed by atoms with Gasteiger partial charge in [0.25, 0.3) is 0 Å². The molecule has 0 aromatic heterocycles. The van der Waals surface area contributed by atoms with Gasteiger partial charge < -0.3 is 0 Å². The van der Waals surface area contributed by atoms with Crippen molar-refractivity contribution in [3.63, 3.8) is 0 Å². The van der Waals surface area contributed by atoms with E-state index in [0.717, 1.165) is 11.5 Å². The summed E-state index contributed by atoms with van der Waals surface area (Å²) in [6.45, 7) is 7.02. The van der Waals surface area contributed by atoms with Gasteiger partial charge >= 0.3 is 0 Å². The molecule has 0 saturated heterocycles. The molecule has 0 aliphatic heterocycles. The molecule has 2 rings (SSSR count). The smallest absolute Gasteiger partial charge is 0.176 e. The highest BCUT2D eigenvalue weighted by molar-refractivity contribution is 5.97. The Bertz CT molecular complexity index is 480. The van der Waals surface area contributed by atoms with Gasteiger partial charge in [-0.1, -0.05) is 31.9 Å². The summed E-state index contributed by atoms with van der Waals surface area (Å²) in [5, 5.41) is 0. The first-order valence-corrected chi connectivity index (χ1v) is 7.78. The number of likely N-dealkylation sites (N-methyl/N-ethyl adjacent to an activating group) is 1. The second-order valence-electron chi connectivity index (χ2n) is 6.56. The van der Waals surface area contributed by atoms with Crippen molar-refractivity contribution < 1.29 is 4.79 Å². The number of nitrogens with zero attached hydrogens (tertiary/aromatic N) is 1. The summed E-state index contributed by atoms with van der Waals surface area (Å²) in [6, 6.07) is 6.61. The Balaban J connectivity index is 1.97. The van der Waals surface area contributed by atoms with E-state index >= 15 is 0 Å². The van der Waals surface area contributed by atoms with Crippen LogP contribution in [0.5, 0.6) is 0 Å². The van der Waals surface area contributed by atoms with Crippen LogP contribution in [0.2, 0.25) is 0 Å². The zero-order chi connectivity index (χ0) is 14.7. The Morgan fingerprint density at radius 2 is 2.00 bits per heavy atom. The van der Waals surface area contributed by atoms with Crippen molar-refractivity contribution in [3.05, 3.63) is 34.9 Å². The fourth-order valence-corrected chi connectivity index (χ4v) is 3.16. The zero-order valence-corrected chi connectivity index (χ0v) is 13.3. The van der Waals surface area contributed by atoms with E-state index in [9.17, 15) is 4.79 Å². The van der Waals surface area contributed by atoms with Crippen LogP contribution in [0.25, 0.3) is 0 Å². The van der Waals surface area contributed by atoms with E-state index in [-0.39, 0.29) is 5.78 Å². The predicted molar refractivity (Wildman–Crippen MR) is 84.3 cm³/mol. The number of hydrogen-bond donors (Lipinski definition) is 0. The van der Waals surface area contributed by atoms with Crippen LogP contribution in [0.4, 0.5) is 0 Å². The van der Waals surface area contributed by atoms with Gasteiger partial charge in [0.05, 0.1) is 6.54 Å². The molecule has 0 amide bonds. The first kappa shape index (κ1) is 15.2. The average Bonchev–Trinajstić information content (AvgIpc) is 2.41. The highest BCUT2D eigenvalue weighted by Gasteiger charge is 2.23. The monoisotopic (exact) mass is 273 g/mol. The van der Waals surface area contributed by atoms with Gasteiger partial charge in [0.2, 0.25) is 0 Å². The molecule has 0 spiro atoms. The molecule has 1 aromatic rings. The van der Waals surface area contributed by atoms with Gasteiger partial charge in [-0.2, -0.15) is 0 Å². The van der Waals surface area contributed by atoms with Crippen LogP contribution in [0.3, 0.4) is 0 Å². The van der Waals surface area contributed by atoms with E-state index in [1.807, 2.05) is 18.2 Å². The topological polar surface area (TPSA) is 20.3 Å². The molecule has 1 aliphatic carbocycles. The van der Waals surface area contributed by atoms with Crippen molar-refractivity contribution in [2.24, 2.45) is 5.92 Å². The number of ketones is 1.